The van der Waals surface area contributed by atoms with Crippen LogP contribution in [0, 0.1) is 10.1 Å². The van der Waals surface area contributed by atoms with Gasteiger partial charge in [-0.05, 0) is 41.1 Å². The zero-order chi connectivity index (χ0) is 19.2. The van der Waals surface area contributed by atoms with Gasteiger partial charge in [0.15, 0.2) is 0 Å². The molecule has 3 aromatic rings. The van der Waals surface area contributed by atoms with Crippen LogP contribution in [-0.4, -0.2) is 36.3 Å². The van der Waals surface area contributed by atoms with Crippen molar-refractivity contribution in [1.29, 1.82) is 0 Å². The molecule has 138 valence electrons. The molecule has 0 aliphatic heterocycles. The van der Waals surface area contributed by atoms with Crippen LogP contribution in [0.1, 0.15) is 13.3 Å². The highest BCUT2D eigenvalue weighted by Crippen LogP contribution is 2.26. The molecule has 0 spiro atoms. The Morgan fingerprint density at radius 1 is 1.22 bits per heavy atom. The van der Waals surface area contributed by atoms with E-state index in [1.54, 1.807) is 4.68 Å². The summed E-state index contributed by atoms with van der Waals surface area (Å²) < 4.78 is 1.58. The van der Waals surface area contributed by atoms with Crippen LogP contribution in [0.2, 0.25) is 0 Å². The van der Waals surface area contributed by atoms with Crippen LogP contribution in [-0.2, 0) is 4.79 Å². The summed E-state index contributed by atoms with van der Waals surface area (Å²) in [5.74, 6) is -0.223. The molecule has 1 aromatic heterocycles. The summed E-state index contributed by atoms with van der Waals surface area (Å²) in [6.07, 6.45) is 0.561. The molecule has 1 N–H and O–H groups in total. The van der Waals surface area contributed by atoms with Crippen LogP contribution < -0.4 is 5.32 Å². The van der Waals surface area contributed by atoms with Gasteiger partial charge in [-0.2, -0.15) is 4.68 Å². The fourth-order valence-electron chi connectivity index (χ4n) is 2.32. The number of aromatic nitrogens is 4. The molecule has 0 saturated carbocycles. The summed E-state index contributed by atoms with van der Waals surface area (Å²) in [7, 11) is 0. The van der Waals surface area contributed by atoms with Gasteiger partial charge >= 0.3 is 0 Å². The minimum absolute atomic E-state index is 0.0311. The number of carbonyl (C=O) groups is 1. The molecule has 0 fully saturated rings. The number of thioether (sulfide) groups is 1. The number of hydrogen-bond donors (Lipinski definition) is 1. The van der Waals surface area contributed by atoms with E-state index in [9.17, 15) is 14.9 Å². The monoisotopic (exact) mass is 384 g/mol. The highest BCUT2D eigenvalue weighted by Gasteiger charge is 2.22. The fourth-order valence-corrected chi connectivity index (χ4v) is 3.23. The molecule has 1 heterocycles. The van der Waals surface area contributed by atoms with Crippen molar-refractivity contribution in [2.24, 2.45) is 0 Å². The topological polar surface area (TPSA) is 116 Å². The molecule has 1 atom stereocenters. The maximum Gasteiger partial charge on any atom is 0.269 e. The van der Waals surface area contributed by atoms with Crippen molar-refractivity contribution in [3.05, 3.63) is 64.7 Å². The number of benzene rings is 2. The third-order valence-electron chi connectivity index (χ3n) is 3.70. The van der Waals surface area contributed by atoms with Gasteiger partial charge in [-0.1, -0.05) is 36.9 Å². The van der Waals surface area contributed by atoms with E-state index in [0.29, 0.717) is 17.3 Å². The van der Waals surface area contributed by atoms with Crippen molar-refractivity contribution >= 4 is 29.0 Å². The number of para-hydroxylation sites is 1. The number of hydrogen-bond acceptors (Lipinski definition) is 7. The number of rotatable bonds is 7. The minimum Gasteiger partial charge on any atom is -0.325 e. The zero-order valence-electron chi connectivity index (χ0n) is 14.3. The predicted octanol–water partition coefficient (Wildman–Crippen LogP) is 3.08. The van der Waals surface area contributed by atoms with Crippen LogP contribution in [0.5, 0.6) is 0 Å². The molecule has 0 saturated heterocycles. The fraction of sp³-hybridized carbons (Fsp3) is 0.176. The summed E-state index contributed by atoms with van der Waals surface area (Å²) in [5, 5.41) is 25.3. The second-order valence-corrected chi connectivity index (χ2v) is 6.69. The third kappa shape index (κ3) is 4.47. The molecule has 1 amide bonds. The molecule has 0 aliphatic rings. The Morgan fingerprint density at radius 3 is 2.56 bits per heavy atom. The van der Waals surface area contributed by atoms with E-state index in [4.69, 9.17) is 0 Å². The van der Waals surface area contributed by atoms with Gasteiger partial charge in [0.2, 0.25) is 11.1 Å². The number of nitro groups is 1. The highest BCUT2D eigenvalue weighted by atomic mass is 32.2. The van der Waals surface area contributed by atoms with Gasteiger partial charge in [0.25, 0.3) is 5.69 Å². The lowest BCUT2D eigenvalue weighted by molar-refractivity contribution is -0.384. The largest absolute Gasteiger partial charge is 0.325 e. The Bertz CT molecular complexity index is 929. The number of carbonyl (C=O) groups excluding carboxylic acids is 1. The van der Waals surface area contributed by atoms with Gasteiger partial charge in [0.05, 0.1) is 15.9 Å². The Morgan fingerprint density at radius 2 is 1.93 bits per heavy atom. The Hall–Kier alpha value is -3.27. The quantitative estimate of drug-likeness (QED) is 0.378. The van der Waals surface area contributed by atoms with Crippen LogP contribution in [0.15, 0.2) is 59.8 Å². The van der Waals surface area contributed by atoms with Gasteiger partial charge in [0, 0.05) is 17.8 Å². The molecular formula is C17H16N6O3S. The number of nitro benzene ring substituents is 1. The molecular weight excluding hydrogens is 368 g/mol. The first kappa shape index (κ1) is 18.5. The van der Waals surface area contributed by atoms with E-state index in [1.165, 1.54) is 36.0 Å². The average Bonchev–Trinajstić information content (AvgIpc) is 3.15. The van der Waals surface area contributed by atoms with Crippen molar-refractivity contribution in [1.82, 2.24) is 20.2 Å². The van der Waals surface area contributed by atoms with Crippen LogP contribution in [0.4, 0.5) is 11.4 Å². The number of nitrogens with one attached hydrogen (secondary N) is 1. The average molecular weight is 384 g/mol. The Kier molecular flexibility index (Phi) is 5.77. The maximum absolute atomic E-state index is 12.6. The second-order valence-electron chi connectivity index (χ2n) is 5.52. The summed E-state index contributed by atoms with van der Waals surface area (Å²) in [5.41, 5.74) is 1.26. The second kappa shape index (κ2) is 8.41. The van der Waals surface area contributed by atoms with E-state index >= 15 is 0 Å². The van der Waals surface area contributed by atoms with Crippen molar-refractivity contribution < 1.29 is 9.72 Å². The summed E-state index contributed by atoms with van der Waals surface area (Å²) in [6.45, 7) is 1.89. The number of nitrogens with zero attached hydrogens (tertiary/aromatic N) is 5. The first-order chi connectivity index (χ1) is 13.1. The smallest absolute Gasteiger partial charge is 0.269 e. The van der Waals surface area contributed by atoms with Gasteiger partial charge in [0.1, 0.15) is 0 Å². The van der Waals surface area contributed by atoms with E-state index in [0.717, 1.165) is 5.69 Å². The van der Waals surface area contributed by atoms with E-state index in [1.807, 2.05) is 37.3 Å². The Balaban J connectivity index is 1.71. The van der Waals surface area contributed by atoms with Crippen LogP contribution in [0.3, 0.4) is 0 Å². The summed E-state index contributed by atoms with van der Waals surface area (Å²) in [4.78, 5) is 22.8. The van der Waals surface area contributed by atoms with Gasteiger partial charge in [-0.25, -0.2) is 0 Å². The molecule has 0 aliphatic carbocycles. The van der Waals surface area contributed by atoms with E-state index in [-0.39, 0.29) is 11.6 Å². The molecule has 27 heavy (non-hydrogen) atoms. The third-order valence-corrected chi connectivity index (χ3v) is 5.00. The van der Waals surface area contributed by atoms with E-state index in [2.05, 4.69) is 20.8 Å². The van der Waals surface area contributed by atoms with E-state index < -0.39 is 10.2 Å². The van der Waals surface area contributed by atoms with Crippen LogP contribution >= 0.6 is 11.8 Å². The first-order valence-corrected chi connectivity index (χ1v) is 9.02. The molecule has 1 unspecified atom stereocenters. The lowest BCUT2D eigenvalue weighted by atomic mass is 10.2. The molecule has 9 nitrogen and oxygen atoms in total. The zero-order valence-corrected chi connectivity index (χ0v) is 15.2. The van der Waals surface area contributed by atoms with Crippen molar-refractivity contribution in [3.63, 3.8) is 0 Å². The van der Waals surface area contributed by atoms with Crippen LogP contribution in [0.25, 0.3) is 5.69 Å². The number of anilines is 1. The lowest BCUT2D eigenvalue weighted by Gasteiger charge is -2.14. The first-order valence-electron chi connectivity index (χ1n) is 8.14. The van der Waals surface area contributed by atoms with Gasteiger partial charge < -0.3 is 5.32 Å². The van der Waals surface area contributed by atoms with Crippen molar-refractivity contribution in [2.45, 2.75) is 23.8 Å². The SMILES string of the molecule is CCC(Sc1nnnn1-c1ccccc1)C(=O)Nc1ccc([N+](=O)[O-])cc1. The van der Waals surface area contributed by atoms with Gasteiger partial charge in [-0.15, -0.1) is 5.10 Å². The summed E-state index contributed by atoms with van der Waals surface area (Å²) in [6, 6.07) is 15.1. The summed E-state index contributed by atoms with van der Waals surface area (Å²) >= 11 is 1.26. The minimum atomic E-state index is -0.486. The Labute approximate surface area is 158 Å². The molecule has 0 bridgehead atoms. The predicted molar refractivity (Wildman–Crippen MR) is 101 cm³/mol. The molecule has 3 rings (SSSR count). The molecule has 10 heteroatoms. The standard InChI is InChI=1S/C17H16N6O3S/c1-2-15(16(24)18-12-8-10-14(11-9-12)23(25)26)27-17-19-20-21-22(17)13-6-4-3-5-7-13/h3-11,15H,2H2,1H3,(H,18,24). The number of non-ortho nitro benzene ring substituents is 1. The highest BCUT2D eigenvalue weighted by molar-refractivity contribution is 8.00. The van der Waals surface area contributed by atoms with Gasteiger partial charge in [-0.3, -0.25) is 14.9 Å². The van der Waals surface area contributed by atoms with Crippen molar-refractivity contribution in [3.8, 4) is 5.69 Å². The lowest BCUT2D eigenvalue weighted by Crippen LogP contribution is -2.25. The number of amides is 1. The number of tetrazole rings is 1. The normalized spacial score (nSPS) is 11.7. The maximum atomic E-state index is 12.6. The molecule has 2 aromatic carbocycles. The molecule has 0 radical (unpaired) electrons. The van der Waals surface area contributed by atoms with Crippen molar-refractivity contribution in [2.75, 3.05) is 5.32 Å².